The first-order valence-corrected chi connectivity index (χ1v) is 6.39. The third kappa shape index (κ3) is 2.70. The molecule has 2 heterocycles. The maximum Gasteiger partial charge on any atom is 0.325 e. The molecule has 0 radical (unpaired) electrons. The third-order valence-electron chi connectivity index (χ3n) is 3.22. The van der Waals surface area contributed by atoms with Gasteiger partial charge in [0.05, 0.1) is 0 Å². The molecule has 1 spiro atoms. The van der Waals surface area contributed by atoms with E-state index < -0.39 is 11.6 Å². The summed E-state index contributed by atoms with van der Waals surface area (Å²) in [5, 5.41) is 8.49. The molecule has 2 saturated heterocycles. The second-order valence-electron chi connectivity index (χ2n) is 6.13. The summed E-state index contributed by atoms with van der Waals surface area (Å²) >= 11 is 0. The minimum absolute atomic E-state index is 0.232. The summed E-state index contributed by atoms with van der Waals surface area (Å²) < 4.78 is 0. The van der Waals surface area contributed by atoms with Crippen molar-refractivity contribution in [2.75, 3.05) is 19.6 Å². The fraction of sp³-hybridized carbons (Fsp3) is 0.750. The number of rotatable bonds is 2. The van der Waals surface area contributed by atoms with Crippen LogP contribution < -0.4 is 16.0 Å². The highest BCUT2D eigenvalue weighted by Gasteiger charge is 2.53. The smallest absolute Gasteiger partial charge is 0.325 e. The summed E-state index contributed by atoms with van der Waals surface area (Å²) in [6.07, 6.45) is 0.564. The Bertz CT molecular complexity index is 421. The van der Waals surface area contributed by atoms with Gasteiger partial charge < -0.3 is 16.0 Å². The molecule has 4 amide bonds. The van der Waals surface area contributed by atoms with Crippen LogP contribution in [0.5, 0.6) is 0 Å². The normalized spacial score (nSPS) is 27.0. The molecule has 7 nitrogen and oxygen atoms in total. The number of hydrogen-bond donors (Lipinski definition) is 3. The second-order valence-corrected chi connectivity index (χ2v) is 6.13. The van der Waals surface area contributed by atoms with E-state index in [1.54, 1.807) is 0 Å². The summed E-state index contributed by atoms with van der Waals surface area (Å²) in [5.41, 5.74) is -1.23. The number of carbonyl (C=O) groups is 3. The average Bonchev–Trinajstić information content (AvgIpc) is 2.79. The highest BCUT2D eigenvalue weighted by molar-refractivity contribution is 6.09. The fourth-order valence-corrected chi connectivity index (χ4v) is 2.40. The molecule has 0 saturated carbocycles. The van der Waals surface area contributed by atoms with Crippen LogP contribution in [0.3, 0.4) is 0 Å². The van der Waals surface area contributed by atoms with Crippen molar-refractivity contribution >= 4 is 17.8 Å². The molecule has 7 heteroatoms. The zero-order valence-corrected chi connectivity index (χ0v) is 11.5. The van der Waals surface area contributed by atoms with Crippen LogP contribution in [0.1, 0.15) is 27.2 Å². The van der Waals surface area contributed by atoms with Gasteiger partial charge in [-0.25, -0.2) is 4.79 Å². The first-order chi connectivity index (χ1) is 8.73. The van der Waals surface area contributed by atoms with Gasteiger partial charge in [0.25, 0.3) is 5.91 Å². The van der Waals surface area contributed by atoms with E-state index in [2.05, 4.69) is 16.0 Å². The van der Waals surface area contributed by atoms with E-state index in [4.69, 9.17) is 0 Å². The first-order valence-electron chi connectivity index (χ1n) is 6.39. The van der Waals surface area contributed by atoms with Crippen LogP contribution in [0.2, 0.25) is 0 Å². The van der Waals surface area contributed by atoms with Crippen molar-refractivity contribution in [1.82, 2.24) is 20.9 Å². The molecular weight excluding hydrogens is 248 g/mol. The number of hydrogen-bond acceptors (Lipinski definition) is 4. The molecule has 0 aromatic rings. The maximum atomic E-state index is 12.3. The lowest BCUT2D eigenvalue weighted by atomic mass is 9.99. The summed E-state index contributed by atoms with van der Waals surface area (Å²) in [6.45, 7) is 6.42. The van der Waals surface area contributed by atoms with Gasteiger partial charge in [-0.15, -0.1) is 0 Å². The van der Waals surface area contributed by atoms with Crippen molar-refractivity contribution in [3.05, 3.63) is 0 Å². The quantitative estimate of drug-likeness (QED) is 0.571. The minimum atomic E-state index is -0.848. The lowest BCUT2D eigenvalue weighted by Gasteiger charge is -2.23. The van der Waals surface area contributed by atoms with Crippen molar-refractivity contribution in [3.8, 4) is 0 Å². The Hall–Kier alpha value is -1.63. The Balaban J connectivity index is 2.03. The zero-order chi connectivity index (χ0) is 14.3. The van der Waals surface area contributed by atoms with Crippen LogP contribution in [-0.4, -0.2) is 53.5 Å². The molecule has 106 valence electrons. The molecule has 19 heavy (non-hydrogen) atoms. The topological polar surface area (TPSA) is 90.5 Å². The van der Waals surface area contributed by atoms with Crippen LogP contribution in [0.25, 0.3) is 0 Å². The first kappa shape index (κ1) is 13.8. The molecule has 2 fully saturated rings. The third-order valence-corrected chi connectivity index (χ3v) is 3.22. The van der Waals surface area contributed by atoms with E-state index in [0.29, 0.717) is 19.5 Å². The summed E-state index contributed by atoms with van der Waals surface area (Å²) in [6, 6.07) is -0.488. The van der Waals surface area contributed by atoms with E-state index >= 15 is 0 Å². The summed E-state index contributed by atoms with van der Waals surface area (Å²) in [5.74, 6) is -0.648. The van der Waals surface area contributed by atoms with Gasteiger partial charge in [-0.3, -0.25) is 14.5 Å². The molecule has 1 atom stereocenters. The van der Waals surface area contributed by atoms with Gasteiger partial charge in [0, 0.05) is 12.1 Å². The Morgan fingerprint density at radius 2 is 2.11 bits per heavy atom. The van der Waals surface area contributed by atoms with Crippen molar-refractivity contribution < 1.29 is 14.4 Å². The monoisotopic (exact) mass is 268 g/mol. The lowest BCUT2D eigenvalue weighted by Crippen LogP contribution is -2.50. The summed E-state index contributed by atoms with van der Waals surface area (Å²) in [4.78, 5) is 36.9. The molecule has 1 unspecified atom stereocenters. The van der Waals surface area contributed by atoms with Crippen LogP contribution >= 0.6 is 0 Å². The molecule has 0 aromatic heterocycles. The molecular formula is C12H20N4O3. The second kappa shape index (κ2) is 4.48. The van der Waals surface area contributed by atoms with E-state index in [1.165, 1.54) is 0 Å². The van der Waals surface area contributed by atoms with E-state index in [9.17, 15) is 14.4 Å². The number of imide groups is 1. The predicted molar refractivity (Wildman–Crippen MR) is 68.4 cm³/mol. The van der Waals surface area contributed by atoms with Crippen LogP contribution in [0.4, 0.5) is 4.79 Å². The molecule has 2 aliphatic heterocycles. The van der Waals surface area contributed by atoms with Crippen molar-refractivity contribution in [3.63, 3.8) is 0 Å². The van der Waals surface area contributed by atoms with E-state index in [-0.39, 0.29) is 23.9 Å². The van der Waals surface area contributed by atoms with Gasteiger partial charge in [-0.05, 0) is 33.7 Å². The van der Waals surface area contributed by atoms with Gasteiger partial charge >= 0.3 is 6.03 Å². The molecule has 0 bridgehead atoms. The predicted octanol–water partition coefficient (Wildman–Crippen LogP) is -0.815. The summed E-state index contributed by atoms with van der Waals surface area (Å²) in [7, 11) is 0. The van der Waals surface area contributed by atoms with Gasteiger partial charge in [0.1, 0.15) is 12.1 Å². The lowest BCUT2D eigenvalue weighted by molar-refractivity contribution is -0.135. The highest BCUT2D eigenvalue weighted by atomic mass is 16.2. The van der Waals surface area contributed by atoms with Gasteiger partial charge in [0.15, 0.2) is 0 Å². The Morgan fingerprint density at radius 3 is 2.63 bits per heavy atom. The van der Waals surface area contributed by atoms with Crippen LogP contribution in [-0.2, 0) is 9.59 Å². The van der Waals surface area contributed by atoms with Gasteiger partial charge in [-0.1, -0.05) is 0 Å². The number of carbonyl (C=O) groups excluding carboxylic acids is 3. The number of urea groups is 1. The minimum Gasteiger partial charge on any atom is -0.350 e. The molecule has 2 rings (SSSR count). The Morgan fingerprint density at radius 1 is 1.42 bits per heavy atom. The number of nitrogens with zero attached hydrogens (tertiary/aromatic N) is 1. The van der Waals surface area contributed by atoms with Crippen LogP contribution in [0, 0.1) is 0 Å². The standard InChI is InChI=1S/C12H20N4O3/c1-11(2,3)14-8(17)6-16-9(18)12(15-10(16)19)4-5-13-7-12/h13H,4-7H2,1-3H3,(H,14,17)(H,15,19). The Labute approximate surface area is 112 Å². The zero-order valence-electron chi connectivity index (χ0n) is 11.5. The molecule has 2 aliphatic rings. The molecule has 0 aromatic carbocycles. The fourth-order valence-electron chi connectivity index (χ4n) is 2.40. The van der Waals surface area contributed by atoms with E-state index in [1.807, 2.05) is 20.8 Å². The average molecular weight is 268 g/mol. The molecule has 0 aliphatic carbocycles. The van der Waals surface area contributed by atoms with Crippen molar-refractivity contribution in [1.29, 1.82) is 0 Å². The van der Waals surface area contributed by atoms with Crippen molar-refractivity contribution in [2.45, 2.75) is 38.3 Å². The molecule has 3 N–H and O–H groups in total. The Kier molecular flexibility index (Phi) is 3.25. The highest BCUT2D eigenvalue weighted by Crippen LogP contribution is 2.23. The van der Waals surface area contributed by atoms with E-state index in [0.717, 1.165) is 4.90 Å². The largest absolute Gasteiger partial charge is 0.350 e. The van der Waals surface area contributed by atoms with Crippen molar-refractivity contribution in [2.24, 2.45) is 0 Å². The maximum absolute atomic E-state index is 12.3. The number of nitrogens with one attached hydrogen (secondary N) is 3. The van der Waals surface area contributed by atoms with Crippen LogP contribution in [0.15, 0.2) is 0 Å². The van der Waals surface area contributed by atoms with Gasteiger partial charge in [0.2, 0.25) is 5.91 Å². The SMILES string of the molecule is CC(C)(C)NC(=O)CN1C(=O)NC2(CCNC2)C1=O. The van der Waals surface area contributed by atoms with Gasteiger partial charge in [-0.2, -0.15) is 0 Å². The number of amides is 4.